The zero-order valence-electron chi connectivity index (χ0n) is 10.2. The molecule has 8 heteroatoms. The molecule has 0 saturated carbocycles. The SMILES string of the molecule is O=C1CCC(NC(=O)N2CCC[C@@H]2C(=O)O)C(=O)N1. The Labute approximate surface area is 109 Å². The van der Waals surface area contributed by atoms with Crippen LogP contribution in [0.15, 0.2) is 0 Å². The third-order valence-electron chi connectivity index (χ3n) is 3.34. The highest BCUT2D eigenvalue weighted by Crippen LogP contribution is 2.18. The van der Waals surface area contributed by atoms with Gasteiger partial charge in [0.2, 0.25) is 11.8 Å². The lowest BCUT2D eigenvalue weighted by Crippen LogP contribution is -2.56. The number of piperidine rings is 1. The highest BCUT2D eigenvalue weighted by molar-refractivity contribution is 6.01. The van der Waals surface area contributed by atoms with Gasteiger partial charge in [0.15, 0.2) is 0 Å². The first-order valence-electron chi connectivity index (χ1n) is 6.12. The van der Waals surface area contributed by atoms with Gasteiger partial charge in [0.1, 0.15) is 12.1 Å². The molecule has 104 valence electrons. The number of nitrogens with zero attached hydrogens (tertiary/aromatic N) is 1. The largest absolute Gasteiger partial charge is 0.480 e. The molecule has 0 aliphatic carbocycles. The van der Waals surface area contributed by atoms with Crippen molar-refractivity contribution in [1.82, 2.24) is 15.5 Å². The van der Waals surface area contributed by atoms with Crippen molar-refractivity contribution in [2.45, 2.75) is 37.8 Å². The summed E-state index contributed by atoms with van der Waals surface area (Å²) >= 11 is 0. The molecule has 0 aromatic carbocycles. The molecule has 3 N–H and O–H groups in total. The zero-order valence-corrected chi connectivity index (χ0v) is 10.2. The minimum absolute atomic E-state index is 0.166. The van der Waals surface area contributed by atoms with Gasteiger partial charge in [-0.2, -0.15) is 0 Å². The molecule has 0 aromatic rings. The Bertz CT molecular complexity index is 436. The summed E-state index contributed by atoms with van der Waals surface area (Å²) in [4.78, 5) is 46.6. The quantitative estimate of drug-likeness (QED) is 0.559. The first-order chi connectivity index (χ1) is 8.99. The van der Waals surface area contributed by atoms with Gasteiger partial charge >= 0.3 is 12.0 Å². The van der Waals surface area contributed by atoms with Crippen molar-refractivity contribution < 1.29 is 24.3 Å². The van der Waals surface area contributed by atoms with Crippen molar-refractivity contribution in [2.75, 3.05) is 6.54 Å². The van der Waals surface area contributed by atoms with Gasteiger partial charge < -0.3 is 15.3 Å². The molecule has 2 aliphatic heterocycles. The van der Waals surface area contributed by atoms with Crippen molar-refractivity contribution in [3.63, 3.8) is 0 Å². The molecule has 0 spiro atoms. The van der Waals surface area contributed by atoms with E-state index in [9.17, 15) is 19.2 Å². The second kappa shape index (κ2) is 5.25. The summed E-state index contributed by atoms with van der Waals surface area (Å²) < 4.78 is 0. The van der Waals surface area contributed by atoms with Crippen LogP contribution >= 0.6 is 0 Å². The molecule has 0 aromatic heterocycles. The summed E-state index contributed by atoms with van der Waals surface area (Å²) in [6.07, 6.45) is 1.44. The molecule has 1 unspecified atom stereocenters. The molecule has 4 amide bonds. The van der Waals surface area contributed by atoms with Crippen LogP contribution in [0.3, 0.4) is 0 Å². The van der Waals surface area contributed by atoms with E-state index < -0.39 is 30.0 Å². The lowest BCUT2D eigenvalue weighted by atomic mass is 10.1. The van der Waals surface area contributed by atoms with Gasteiger partial charge in [-0.15, -0.1) is 0 Å². The second-order valence-corrected chi connectivity index (χ2v) is 4.64. The van der Waals surface area contributed by atoms with Gasteiger partial charge in [-0.25, -0.2) is 9.59 Å². The number of carboxylic acids is 1. The second-order valence-electron chi connectivity index (χ2n) is 4.64. The summed E-state index contributed by atoms with van der Waals surface area (Å²) in [6, 6.07) is -2.19. The number of urea groups is 1. The highest BCUT2D eigenvalue weighted by Gasteiger charge is 2.36. The Hall–Kier alpha value is -2.12. The Balaban J connectivity index is 1.95. The van der Waals surface area contributed by atoms with E-state index in [1.807, 2.05) is 0 Å². The van der Waals surface area contributed by atoms with Crippen LogP contribution < -0.4 is 10.6 Å². The number of aliphatic carboxylic acids is 1. The molecule has 2 aliphatic rings. The van der Waals surface area contributed by atoms with Crippen LogP contribution in [-0.4, -0.2) is 52.4 Å². The molecule has 2 heterocycles. The molecule has 0 bridgehead atoms. The molecular formula is C11H15N3O5. The fourth-order valence-electron chi connectivity index (χ4n) is 2.33. The standard InChI is InChI=1S/C11H15N3O5/c15-8-4-3-6(9(16)13-8)12-11(19)14-5-1-2-7(14)10(17)18/h6-7H,1-5H2,(H,12,19)(H,17,18)(H,13,15,16)/t6?,7-/m1/s1. The number of rotatable bonds is 2. The van der Waals surface area contributed by atoms with Crippen molar-refractivity contribution in [3.8, 4) is 0 Å². The molecule has 0 radical (unpaired) electrons. The molecular weight excluding hydrogens is 254 g/mol. The van der Waals surface area contributed by atoms with E-state index in [0.717, 1.165) is 0 Å². The number of carbonyl (C=O) groups excluding carboxylic acids is 3. The number of nitrogens with one attached hydrogen (secondary N) is 2. The summed E-state index contributed by atoms with van der Waals surface area (Å²) in [5.74, 6) is -1.95. The van der Waals surface area contributed by atoms with Crippen molar-refractivity contribution >= 4 is 23.8 Å². The van der Waals surface area contributed by atoms with Crippen LogP contribution in [0.4, 0.5) is 4.79 Å². The van der Waals surface area contributed by atoms with E-state index in [1.54, 1.807) is 0 Å². The number of likely N-dealkylation sites (tertiary alicyclic amines) is 1. The number of carboxylic acid groups (broad SMARTS) is 1. The highest BCUT2D eigenvalue weighted by atomic mass is 16.4. The van der Waals surface area contributed by atoms with E-state index in [1.165, 1.54) is 4.90 Å². The Morgan fingerprint density at radius 3 is 2.68 bits per heavy atom. The first-order valence-corrected chi connectivity index (χ1v) is 6.12. The van der Waals surface area contributed by atoms with Crippen LogP contribution in [0.25, 0.3) is 0 Å². The predicted molar refractivity (Wildman–Crippen MR) is 62.1 cm³/mol. The van der Waals surface area contributed by atoms with E-state index in [2.05, 4.69) is 10.6 Å². The lowest BCUT2D eigenvalue weighted by molar-refractivity contribution is -0.141. The molecule has 8 nitrogen and oxygen atoms in total. The van der Waals surface area contributed by atoms with Gasteiger partial charge in [0.25, 0.3) is 0 Å². The topological polar surface area (TPSA) is 116 Å². The Morgan fingerprint density at radius 1 is 1.32 bits per heavy atom. The maximum absolute atomic E-state index is 11.9. The number of hydrogen-bond acceptors (Lipinski definition) is 4. The number of hydrogen-bond donors (Lipinski definition) is 3. The maximum Gasteiger partial charge on any atom is 0.326 e. The third kappa shape index (κ3) is 2.83. The average molecular weight is 269 g/mol. The van der Waals surface area contributed by atoms with Crippen LogP contribution in [0.5, 0.6) is 0 Å². The summed E-state index contributed by atoms with van der Waals surface area (Å²) in [5.41, 5.74) is 0. The van der Waals surface area contributed by atoms with Gasteiger partial charge in [0.05, 0.1) is 0 Å². The lowest BCUT2D eigenvalue weighted by Gasteiger charge is -2.27. The van der Waals surface area contributed by atoms with E-state index >= 15 is 0 Å². The minimum Gasteiger partial charge on any atom is -0.480 e. The molecule has 2 atom stereocenters. The molecule has 2 saturated heterocycles. The van der Waals surface area contributed by atoms with E-state index in [4.69, 9.17) is 5.11 Å². The van der Waals surface area contributed by atoms with Crippen LogP contribution in [0.2, 0.25) is 0 Å². The van der Waals surface area contributed by atoms with Gasteiger partial charge in [-0.05, 0) is 19.3 Å². The first kappa shape index (κ1) is 13.3. The summed E-state index contributed by atoms with van der Waals surface area (Å²) in [7, 11) is 0. The number of carbonyl (C=O) groups is 4. The van der Waals surface area contributed by atoms with Crippen LogP contribution in [-0.2, 0) is 14.4 Å². The zero-order chi connectivity index (χ0) is 14.0. The molecule has 2 fully saturated rings. The Morgan fingerprint density at radius 2 is 2.05 bits per heavy atom. The van der Waals surface area contributed by atoms with Crippen molar-refractivity contribution in [2.24, 2.45) is 0 Å². The van der Waals surface area contributed by atoms with Crippen LogP contribution in [0, 0.1) is 0 Å². The fourth-order valence-corrected chi connectivity index (χ4v) is 2.33. The van der Waals surface area contributed by atoms with Crippen molar-refractivity contribution in [1.29, 1.82) is 0 Å². The maximum atomic E-state index is 11.9. The molecule has 2 rings (SSSR count). The number of imide groups is 1. The normalized spacial score (nSPS) is 27.1. The van der Waals surface area contributed by atoms with Crippen LogP contribution in [0.1, 0.15) is 25.7 Å². The third-order valence-corrected chi connectivity index (χ3v) is 3.34. The van der Waals surface area contributed by atoms with Gasteiger partial charge in [-0.3, -0.25) is 14.9 Å². The van der Waals surface area contributed by atoms with Gasteiger partial charge in [-0.1, -0.05) is 0 Å². The predicted octanol–water partition coefficient (Wildman–Crippen LogP) is -0.950. The molecule has 19 heavy (non-hydrogen) atoms. The number of amides is 4. The monoisotopic (exact) mass is 269 g/mol. The summed E-state index contributed by atoms with van der Waals surface area (Å²) in [6.45, 7) is 0.357. The summed E-state index contributed by atoms with van der Waals surface area (Å²) in [5, 5.41) is 13.6. The average Bonchev–Trinajstić information content (AvgIpc) is 2.82. The fraction of sp³-hybridized carbons (Fsp3) is 0.636. The van der Waals surface area contributed by atoms with E-state index in [-0.39, 0.29) is 18.7 Å². The van der Waals surface area contributed by atoms with Crippen molar-refractivity contribution in [3.05, 3.63) is 0 Å². The Kier molecular flexibility index (Phi) is 3.68. The smallest absolute Gasteiger partial charge is 0.326 e. The van der Waals surface area contributed by atoms with Gasteiger partial charge in [0, 0.05) is 13.0 Å². The van der Waals surface area contributed by atoms with E-state index in [0.29, 0.717) is 19.4 Å². The minimum atomic E-state index is -1.05.